The molecule has 0 bridgehead atoms. The first kappa shape index (κ1) is 21.4. The van der Waals surface area contributed by atoms with E-state index in [-0.39, 0.29) is 25.9 Å². The Morgan fingerprint density at radius 1 is 1.08 bits per heavy atom. The lowest BCUT2D eigenvalue weighted by Gasteiger charge is -2.34. The number of likely N-dealkylation sites (tertiary alicyclic amines) is 1. The molecule has 0 N–H and O–H groups in total. The molecule has 0 atom stereocenters. The summed E-state index contributed by atoms with van der Waals surface area (Å²) in [4.78, 5) is 24.6. The van der Waals surface area contributed by atoms with E-state index in [1.807, 2.05) is 6.92 Å². The minimum absolute atomic E-state index is 0.0511. The molecule has 0 aliphatic carbocycles. The van der Waals surface area contributed by atoms with E-state index in [1.165, 1.54) is 4.90 Å². The highest BCUT2D eigenvalue weighted by Gasteiger charge is 2.51. The van der Waals surface area contributed by atoms with Crippen LogP contribution in [0.25, 0.3) is 0 Å². The van der Waals surface area contributed by atoms with Crippen molar-refractivity contribution < 1.29 is 41.0 Å². The molecule has 1 rings (SSSR count). The number of carbonyl (C=O) groups excluding carboxylic acids is 2. The number of carbonyl (C=O) groups is 2. The van der Waals surface area contributed by atoms with E-state index < -0.39 is 42.3 Å². The molecular weight excluding hydrogens is 353 g/mol. The molecule has 1 fully saturated rings. The molecule has 1 aliphatic rings. The third-order valence-electron chi connectivity index (χ3n) is 3.91. The molecule has 0 radical (unpaired) electrons. The maximum absolute atomic E-state index is 13.2. The van der Waals surface area contributed by atoms with Gasteiger partial charge in [0.05, 0.1) is 0 Å². The molecule has 0 unspecified atom stereocenters. The van der Waals surface area contributed by atoms with Gasteiger partial charge in [0.15, 0.2) is 0 Å². The fourth-order valence-electron chi connectivity index (χ4n) is 2.09. The summed E-state index contributed by atoms with van der Waals surface area (Å²) in [6.45, 7) is 5.52. The van der Waals surface area contributed by atoms with Crippen LogP contribution in [0.3, 0.4) is 0 Å². The minimum Gasteiger partial charge on any atom is -0.458 e. The quantitative estimate of drug-likeness (QED) is 0.540. The van der Waals surface area contributed by atoms with Crippen LogP contribution < -0.4 is 0 Å². The monoisotopic (exact) mass is 375 g/mol. The maximum Gasteiger partial charge on any atom is 0.410 e. The fraction of sp³-hybridized carbons (Fsp3) is 0.867. The van der Waals surface area contributed by atoms with Crippen molar-refractivity contribution >= 4 is 12.1 Å². The molecule has 146 valence electrons. The van der Waals surface area contributed by atoms with Gasteiger partial charge in [-0.25, -0.2) is 9.59 Å². The van der Waals surface area contributed by atoms with Gasteiger partial charge in [0.25, 0.3) is 0 Å². The van der Waals surface area contributed by atoms with Crippen LogP contribution >= 0.6 is 0 Å². The molecule has 0 aromatic rings. The summed E-state index contributed by atoms with van der Waals surface area (Å²) in [5.74, 6) is -6.82. The van der Waals surface area contributed by atoms with Crippen molar-refractivity contribution in [1.29, 1.82) is 0 Å². The minimum atomic E-state index is -5.18. The van der Waals surface area contributed by atoms with Crippen molar-refractivity contribution in [2.24, 2.45) is 0 Å². The molecule has 0 spiro atoms. The fourth-order valence-corrected chi connectivity index (χ4v) is 2.09. The molecule has 5 nitrogen and oxygen atoms in total. The van der Waals surface area contributed by atoms with Crippen LogP contribution in [0.15, 0.2) is 0 Å². The molecule has 1 aliphatic heterocycles. The first-order valence-corrected chi connectivity index (χ1v) is 7.89. The lowest BCUT2D eigenvalue weighted by atomic mass is 10.1. The number of esters is 1. The second-order valence-electron chi connectivity index (χ2n) is 6.57. The Labute approximate surface area is 142 Å². The van der Waals surface area contributed by atoms with Gasteiger partial charge in [0.2, 0.25) is 0 Å². The maximum atomic E-state index is 13.2. The Kier molecular flexibility index (Phi) is 6.63. The van der Waals surface area contributed by atoms with E-state index in [1.54, 1.807) is 13.8 Å². The van der Waals surface area contributed by atoms with Gasteiger partial charge in [0.1, 0.15) is 18.1 Å². The van der Waals surface area contributed by atoms with Gasteiger partial charge in [0, 0.05) is 25.9 Å². The highest BCUT2D eigenvalue weighted by molar-refractivity contribution is 5.77. The van der Waals surface area contributed by atoms with Gasteiger partial charge in [-0.15, -0.1) is 0 Å². The predicted octanol–water partition coefficient (Wildman–Crippen LogP) is 3.91. The zero-order chi connectivity index (χ0) is 19.5. The van der Waals surface area contributed by atoms with E-state index in [4.69, 9.17) is 4.74 Å². The first-order chi connectivity index (χ1) is 11.3. The topological polar surface area (TPSA) is 55.8 Å². The Morgan fingerprint density at radius 3 is 2.04 bits per heavy atom. The Hall–Kier alpha value is -1.61. The number of amides is 1. The summed E-state index contributed by atoms with van der Waals surface area (Å²) in [5.41, 5.74) is -0.653. The Bertz CT molecular complexity index is 485. The molecule has 25 heavy (non-hydrogen) atoms. The molecule has 10 heteroatoms. The molecule has 0 aromatic carbocycles. The van der Waals surface area contributed by atoms with Gasteiger partial charge in [-0.1, -0.05) is 6.92 Å². The average Bonchev–Trinajstić information content (AvgIpc) is 2.45. The van der Waals surface area contributed by atoms with Crippen molar-refractivity contribution in [2.45, 2.75) is 70.3 Å². The summed E-state index contributed by atoms with van der Waals surface area (Å²) < 4.78 is 72.4. The summed E-state index contributed by atoms with van der Waals surface area (Å²) in [6, 6.07) is 0. The molecule has 1 amide bonds. The zero-order valence-electron chi connectivity index (χ0n) is 14.3. The smallest absolute Gasteiger partial charge is 0.410 e. The molecule has 0 saturated carbocycles. The standard InChI is InChI=1S/C15H22F5NO4/c1-4-13(2,3)25-12(23)21-7-5-10(6-8-21)24-11(22)14(16,17)9-15(18,19)20/h10H,4-9H2,1-3H3. The van der Waals surface area contributed by atoms with Crippen molar-refractivity contribution in [2.75, 3.05) is 13.1 Å². The third-order valence-corrected chi connectivity index (χ3v) is 3.91. The number of nitrogens with zero attached hydrogens (tertiary/aromatic N) is 1. The lowest BCUT2D eigenvalue weighted by Crippen LogP contribution is -2.45. The predicted molar refractivity (Wildman–Crippen MR) is 77.2 cm³/mol. The number of piperidine rings is 1. The van der Waals surface area contributed by atoms with E-state index in [2.05, 4.69) is 4.74 Å². The van der Waals surface area contributed by atoms with Gasteiger partial charge in [-0.2, -0.15) is 22.0 Å². The molecule has 1 heterocycles. The van der Waals surface area contributed by atoms with Crippen molar-refractivity contribution in [3.63, 3.8) is 0 Å². The number of rotatable bonds is 5. The SMILES string of the molecule is CCC(C)(C)OC(=O)N1CCC(OC(=O)C(F)(F)CC(F)(F)F)CC1. The Balaban J connectivity index is 2.49. The van der Waals surface area contributed by atoms with Crippen LogP contribution in [0.1, 0.15) is 46.5 Å². The molecular formula is C15H22F5NO4. The number of halogens is 5. The average molecular weight is 375 g/mol. The van der Waals surface area contributed by atoms with Crippen molar-refractivity contribution in [3.05, 3.63) is 0 Å². The zero-order valence-corrected chi connectivity index (χ0v) is 14.3. The van der Waals surface area contributed by atoms with E-state index in [9.17, 15) is 31.5 Å². The highest BCUT2D eigenvalue weighted by atomic mass is 19.4. The van der Waals surface area contributed by atoms with Crippen molar-refractivity contribution in [3.8, 4) is 0 Å². The summed E-state index contributed by atoms with van der Waals surface area (Å²) in [5, 5.41) is 0. The molecule has 1 saturated heterocycles. The van der Waals surface area contributed by atoms with Crippen molar-refractivity contribution in [1.82, 2.24) is 4.90 Å². The number of hydrogen-bond donors (Lipinski definition) is 0. The van der Waals surface area contributed by atoms with Gasteiger partial charge in [-0.3, -0.25) is 0 Å². The normalized spacial score (nSPS) is 17.4. The van der Waals surface area contributed by atoms with Gasteiger partial charge in [-0.05, 0) is 20.3 Å². The van der Waals surface area contributed by atoms with Gasteiger partial charge < -0.3 is 14.4 Å². The van der Waals surface area contributed by atoms with Crippen LogP contribution in [0.5, 0.6) is 0 Å². The Morgan fingerprint density at radius 2 is 1.60 bits per heavy atom. The summed E-state index contributed by atoms with van der Waals surface area (Å²) in [7, 11) is 0. The van der Waals surface area contributed by atoms with E-state index in [0.29, 0.717) is 6.42 Å². The van der Waals surface area contributed by atoms with E-state index >= 15 is 0 Å². The van der Waals surface area contributed by atoms with Crippen LogP contribution in [-0.4, -0.2) is 53.9 Å². The number of hydrogen-bond acceptors (Lipinski definition) is 4. The third kappa shape index (κ3) is 7.03. The second kappa shape index (κ2) is 7.74. The lowest BCUT2D eigenvalue weighted by molar-refractivity contribution is -0.212. The first-order valence-electron chi connectivity index (χ1n) is 7.89. The van der Waals surface area contributed by atoms with E-state index in [0.717, 1.165) is 0 Å². The number of alkyl halides is 5. The summed E-state index contributed by atoms with van der Waals surface area (Å²) >= 11 is 0. The molecule has 0 aromatic heterocycles. The van der Waals surface area contributed by atoms with Crippen LogP contribution in [0.4, 0.5) is 26.7 Å². The second-order valence-corrected chi connectivity index (χ2v) is 6.57. The van der Waals surface area contributed by atoms with Gasteiger partial charge >= 0.3 is 24.2 Å². The summed E-state index contributed by atoms with van der Waals surface area (Å²) in [6.07, 6.45) is -8.57. The largest absolute Gasteiger partial charge is 0.458 e. The van der Waals surface area contributed by atoms with Crippen LogP contribution in [0, 0.1) is 0 Å². The highest BCUT2D eigenvalue weighted by Crippen LogP contribution is 2.33. The van der Waals surface area contributed by atoms with Crippen LogP contribution in [-0.2, 0) is 14.3 Å². The number of ether oxygens (including phenoxy) is 2. The van der Waals surface area contributed by atoms with Crippen LogP contribution in [0.2, 0.25) is 0 Å².